The third-order valence-corrected chi connectivity index (χ3v) is 3.07. The van der Waals surface area contributed by atoms with Crippen molar-refractivity contribution >= 4 is 11.8 Å². The SMILES string of the molecule is CN1C(=O)CC(NCCOCC2CC2)C1=O. The topological polar surface area (TPSA) is 58.6 Å². The van der Waals surface area contributed by atoms with Crippen molar-refractivity contribution in [2.45, 2.75) is 25.3 Å². The number of ether oxygens (including phenoxy) is 1. The normalized spacial score (nSPS) is 25.6. The first-order chi connectivity index (χ1) is 7.68. The minimum absolute atomic E-state index is 0.110. The molecule has 0 aromatic heterocycles. The van der Waals surface area contributed by atoms with Gasteiger partial charge in [0.1, 0.15) is 0 Å². The van der Waals surface area contributed by atoms with Crippen LogP contribution >= 0.6 is 0 Å². The number of hydrogen-bond donors (Lipinski definition) is 1. The standard InChI is InChI=1S/C11H18N2O3/c1-13-10(14)6-9(11(13)15)12-4-5-16-7-8-2-3-8/h8-9,12H,2-7H2,1H3. The van der Waals surface area contributed by atoms with Crippen LogP contribution in [0.3, 0.4) is 0 Å². The summed E-state index contributed by atoms with van der Waals surface area (Å²) in [6.45, 7) is 2.07. The number of nitrogens with one attached hydrogen (secondary N) is 1. The average molecular weight is 226 g/mol. The number of likely N-dealkylation sites (tertiary alicyclic amines) is 1. The summed E-state index contributed by atoms with van der Waals surface area (Å²) in [5.74, 6) is 0.523. The van der Waals surface area contributed by atoms with Crippen LogP contribution in [0.4, 0.5) is 0 Å². The number of likely N-dealkylation sites (N-methyl/N-ethyl adjacent to an activating group) is 1. The molecule has 1 unspecified atom stereocenters. The summed E-state index contributed by atoms with van der Waals surface area (Å²) in [6, 6.07) is -0.345. The van der Waals surface area contributed by atoms with E-state index in [0.29, 0.717) is 13.2 Å². The summed E-state index contributed by atoms with van der Waals surface area (Å²) in [4.78, 5) is 23.9. The molecular weight excluding hydrogens is 208 g/mol. The molecule has 90 valence electrons. The van der Waals surface area contributed by atoms with Crippen LogP contribution in [0.15, 0.2) is 0 Å². The van der Waals surface area contributed by atoms with Gasteiger partial charge in [0.15, 0.2) is 0 Å². The maximum atomic E-state index is 11.5. The van der Waals surface area contributed by atoms with Gasteiger partial charge in [-0.3, -0.25) is 14.5 Å². The van der Waals surface area contributed by atoms with Gasteiger partial charge >= 0.3 is 0 Å². The Hall–Kier alpha value is -0.940. The Morgan fingerprint density at radius 1 is 1.44 bits per heavy atom. The fourth-order valence-corrected chi connectivity index (χ4v) is 1.75. The van der Waals surface area contributed by atoms with E-state index in [1.165, 1.54) is 24.8 Å². The Morgan fingerprint density at radius 3 is 2.75 bits per heavy atom. The van der Waals surface area contributed by atoms with Gasteiger partial charge in [0.2, 0.25) is 11.8 Å². The predicted molar refractivity (Wildman–Crippen MR) is 57.7 cm³/mol. The minimum atomic E-state index is -0.345. The zero-order chi connectivity index (χ0) is 11.5. The van der Waals surface area contributed by atoms with E-state index in [1.807, 2.05) is 0 Å². The van der Waals surface area contributed by atoms with Crippen molar-refractivity contribution in [1.29, 1.82) is 0 Å². The molecule has 5 nitrogen and oxygen atoms in total. The van der Waals surface area contributed by atoms with Gasteiger partial charge in [-0.1, -0.05) is 0 Å². The fourth-order valence-electron chi connectivity index (χ4n) is 1.75. The molecule has 0 radical (unpaired) electrons. The summed E-state index contributed by atoms with van der Waals surface area (Å²) >= 11 is 0. The van der Waals surface area contributed by atoms with Gasteiger partial charge in [0.05, 0.1) is 19.1 Å². The van der Waals surface area contributed by atoms with Crippen molar-refractivity contribution in [3.8, 4) is 0 Å². The van der Waals surface area contributed by atoms with Crippen LogP contribution in [0.2, 0.25) is 0 Å². The molecule has 2 amide bonds. The average Bonchev–Trinajstić information content (AvgIpc) is 3.04. The first-order valence-electron chi connectivity index (χ1n) is 5.80. The van der Waals surface area contributed by atoms with E-state index >= 15 is 0 Å². The molecule has 2 rings (SSSR count). The molecule has 0 aromatic carbocycles. The summed E-state index contributed by atoms with van der Waals surface area (Å²) in [6.07, 6.45) is 2.85. The van der Waals surface area contributed by atoms with Gasteiger partial charge in [-0.15, -0.1) is 0 Å². The fraction of sp³-hybridized carbons (Fsp3) is 0.818. The first-order valence-corrected chi connectivity index (χ1v) is 5.80. The number of rotatable bonds is 6. The largest absolute Gasteiger partial charge is 0.380 e. The van der Waals surface area contributed by atoms with Crippen LogP contribution in [-0.2, 0) is 14.3 Å². The minimum Gasteiger partial charge on any atom is -0.380 e. The van der Waals surface area contributed by atoms with Crippen molar-refractivity contribution in [2.24, 2.45) is 5.92 Å². The zero-order valence-corrected chi connectivity index (χ0v) is 9.57. The molecule has 1 heterocycles. The Balaban J connectivity index is 1.58. The van der Waals surface area contributed by atoms with E-state index in [0.717, 1.165) is 12.5 Å². The maximum absolute atomic E-state index is 11.5. The van der Waals surface area contributed by atoms with E-state index in [1.54, 1.807) is 0 Å². The van der Waals surface area contributed by atoms with Gasteiger partial charge in [-0.25, -0.2) is 0 Å². The Labute approximate surface area is 95.1 Å². The van der Waals surface area contributed by atoms with Crippen LogP contribution in [0.1, 0.15) is 19.3 Å². The molecule has 1 N–H and O–H groups in total. The first kappa shape index (κ1) is 11.5. The van der Waals surface area contributed by atoms with E-state index in [4.69, 9.17) is 4.74 Å². The highest BCUT2D eigenvalue weighted by atomic mass is 16.5. The molecule has 1 atom stereocenters. The van der Waals surface area contributed by atoms with Gasteiger partial charge < -0.3 is 10.1 Å². The van der Waals surface area contributed by atoms with Crippen molar-refractivity contribution < 1.29 is 14.3 Å². The lowest BCUT2D eigenvalue weighted by molar-refractivity contribution is -0.137. The highest BCUT2D eigenvalue weighted by Crippen LogP contribution is 2.28. The summed E-state index contributed by atoms with van der Waals surface area (Å²) in [7, 11) is 1.52. The number of imide groups is 1. The maximum Gasteiger partial charge on any atom is 0.246 e. The Morgan fingerprint density at radius 2 is 2.19 bits per heavy atom. The number of nitrogens with zero attached hydrogens (tertiary/aromatic N) is 1. The summed E-state index contributed by atoms with van der Waals surface area (Å²) < 4.78 is 5.43. The van der Waals surface area contributed by atoms with Crippen LogP contribution < -0.4 is 5.32 Å². The number of hydrogen-bond acceptors (Lipinski definition) is 4. The number of amides is 2. The molecule has 1 saturated carbocycles. The van der Waals surface area contributed by atoms with Crippen LogP contribution in [0.25, 0.3) is 0 Å². The van der Waals surface area contributed by atoms with Crippen molar-refractivity contribution in [2.75, 3.05) is 26.8 Å². The van der Waals surface area contributed by atoms with Crippen LogP contribution in [-0.4, -0.2) is 49.6 Å². The molecule has 1 aliphatic heterocycles. The molecular formula is C11H18N2O3. The van der Waals surface area contributed by atoms with E-state index < -0.39 is 0 Å². The van der Waals surface area contributed by atoms with Crippen LogP contribution in [0.5, 0.6) is 0 Å². The summed E-state index contributed by atoms with van der Waals surface area (Å²) in [5, 5.41) is 3.05. The quantitative estimate of drug-likeness (QED) is 0.501. The van der Waals surface area contributed by atoms with E-state index in [9.17, 15) is 9.59 Å². The molecule has 2 fully saturated rings. The lowest BCUT2D eigenvalue weighted by Gasteiger charge is -2.10. The summed E-state index contributed by atoms with van der Waals surface area (Å²) in [5.41, 5.74) is 0. The third kappa shape index (κ3) is 2.80. The van der Waals surface area contributed by atoms with Crippen LogP contribution in [0, 0.1) is 5.92 Å². The smallest absolute Gasteiger partial charge is 0.246 e. The molecule has 0 aromatic rings. The third-order valence-electron chi connectivity index (χ3n) is 3.07. The highest BCUT2D eigenvalue weighted by molar-refractivity contribution is 6.05. The van der Waals surface area contributed by atoms with Crippen molar-refractivity contribution in [3.05, 3.63) is 0 Å². The second-order valence-electron chi connectivity index (χ2n) is 4.52. The second kappa shape index (κ2) is 4.93. The predicted octanol–water partition coefficient (Wildman–Crippen LogP) is -0.240. The lowest BCUT2D eigenvalue weighted by Crippen LogP contribution is -2.38. The second-order valence-corrected chi connectivity index (χ2v) is 4.52. The van der Waals surface area contributed by atoms with Crippen molar-refractivity contribution in [1.82, 2.24) is 10.2 Å². The zero-order valence-electron chi connectivity index (χ0n) is 9.57. The molecule has 5 heteroatoms. The van der Waals surface area contributed by atoms with Crippen molar-refractivity contribution in [3.63, 3.8) is 0 Å². The molecule has 2 aliphatic rings. The molecule has 1 saturated heterocycles. The van der Waals surface area contributed by atoms with Gasteiger partial charge in [0, 0.05) is 20.2 Å². The van der Waals surface area contributed by atoms with E-state index in [2.05, 4.69) is 5.32 Å². The van der Waals surface area contributed by atoms with Gasteiger partial charge in [-0.2, -0.15) is 0 Å². The molecule has 1 aliphatic carbocycles. The van der Waals surface area contributed by atoms with E-state index in [-0.39, 0.29) is 24.3 Å². The lowest BCUT2D eigenvalue weighted by atomic mass is 10.2. The van der Waals surface area contributed by atoms with Gasteiger partial charge in [-0.05, 0) is 18.8 Å². The molecule has 16 heavy (non-hydrogen) atoms. The molecule has 0 bridgehead atoms. The Kier molecular flexibility index (Phi) is 3.56. The number of carbonyl (C=O) groups is 2. The monoisotopic (exact) mass is 226 g/mol. The Bertz CT molecular complexity index is 289. The highest BCUT2D eigenvalue weighted by Gasteiger charge is 2.35. The van der Waals surface area contributed by atoms with Gasteiger partial charge in [0.25, 0.3) is 0 Å². The molecule has 0 spiro atoms. The number of carbonyl (C=O) groups excluding carboxylic acids is 2.